The molecule has 0 aliphatic heterocycles. The first-order chi connectivity index (χ1) is 17.0. The van der Waals surface area contributed by atoms with E-state index in [2.05, 4.69) is 30.1 Å². The highest BCUT2D eigenvalue weighted by Gasteiger charge is 2.20. The molecule has 0 aliphatic rings. The van der Waals surface area contributed by atoms with Crippen molar-refractivity contribution in [2.45, 2.75) is 13.5 Å². The molecule has 0 spiro atoms. The fourth-order valence-corrected chi connectivity index (χ4v) is 4.31. The number of nitrogens with one attached hydrogen (secondary N) is 2. The standard InChI is InChI=1S/C25H22FN9/c1-14-11-35(13-29-14)25-22-19(6-7-28-25)30-24(31-22)23-20-18(32-33-23)5-4-17(21(20)26)16-8-15(9-27-10-16)12-34(2)3/h4-11,13H,12H2,1-3H3,(H,30,31)(H,32,33). The molecule has 0 atom stereocenters. The molecule has 1 aromatic carbocycles. The number of rotatable bonds is 5. The van der Waals surface area contributed by atoms with Gasteiger partial charge in [-0.15, -0.1) is 0 Å². The van der Waals surface area contributed by atoms with E-state index in [1.807, 2.05) is 54.9 Å². The number of H-pyrrole nitrogens is 2. The van der Waals surface area contributed by atoms with Crippen molar-refractivity contribution < 1.29 is 4.39 Å². The summed E-state index contributed by atoms with van der Waals surface area (Å²) in [4.78, 5) is 23.1. The second kappa shape index (κ2) is 8.10. The van der Waals surface area contributed by atoms with Gasteiger partial charge in [-0.25, -0.2) is 19.3 Å². The molecular weight excluding hydrogens is 445 g/mol. The van der Waals surface area contributed by atoms with Crippen LogP contribution in [0.15, 0.2) is 55.4 Å². The van der Waals surface area contributed by atoms with Gasteiger partial charge in [0.05, 0.1) is 22.1 Å². The molecule has 2 N–H and O–H groups in total. The van der Waals surface area contributed by atoms with Crippen molar-refractivity contribution in [2.24, 2.45) is 0 Å². The third kappa shape index (κ3) is 3.64. The number of imidazole rings is 2. The molecule has 35 heavy (non-hydrogen) atoms. The van der Waals surface area contributed by atoms with Crippen molar-refractivity contribution in [1.82, 2.24) is 44.6 Å². The maximum atomic E-state index is 16.0. The van der Waals surface area contributed by atoms with E-state index in [-0.39, 0.29) is 5.82 Å². The zero-order valence-corrected chi connectivity index (χ0v) is 19.4. The van der Waals surface area contributed by atoms with Crippen LogP contribution in [0.25, 0.3) is 50.4 Å². The number of fused-ring (bicyclic) bond motifs is 2. The summed E-state index contributed by atoms with van der Waals surface area (Å²) in [7, 11) is 3.97. The molecule has 0 saturated carbocycles. The van der Waals surface area contributed by atoms with E-state index in [1.54, 1.807) is 31.0 Å². The minimum atomic E-state index is -0.376. The van der Waals surface area contributed by atoms with Gasteiger partial charge < -0.3 is 9.88 Å². The molecule has 0 fully saturated rings. The molecule has 6 rings (SSSR count). The van der Waals surface area contributed by atoms with Crippen LogP contribution in [-0.4, -0.2) is 58.7 Å². The van der Waals surface area contributed by atoms with E-state index in [0.29, 0.717) is 51.4 Å². The fourth-order valence-electron chi connectivity index (χ4n) is 4.31. The summed E-state index contributed by atoms with van der Waals surface area (Å²) >= 11 is 0. The molecule has 6 aromatic rings. The lowest BCUT2D eigenvalue weighted by Crippen LogP contribution is -2.10. The predicted molar refractivity (Wildman–Crippen MR) is 131 cm³/mol. The number of hydrogen-bond donors (Lipinski definition) is 2. The van der Waals surface area contributed by atoms with Crippen molar-refractivity contribution in [3.63, 3.8) is 0 Å². The Morgan fingerprint density at radius 1 is 1.09 bits per heavy atom. The van der Waals surface area contributed by atoms with Gasteiger partial charge in [0.2, 0.25) is 0 Å². The number of aromatic nitrogens is 8. The van der Waals surface area contributed by atoms with Crippen LogP contribution in [0, 0.1) is 12.7 Å². The van der Waals surface area contributed by atoms with Crippen molar-refractivity contribution in [1.29, 1.82) is 0 Å². The SMILES string of the molecule is Cc1cn(-c2nccc3[nH]c(-c4n[nH]c5ccc(-c6cncc(CN(C)C)c6)c(F)c45)nc23)cn1. The Labute approximate surface area is 199 Å². The number of halogens is 1. The molecule has 0 radical (unpaired) electrons. The minimum Gasteiger partial charge on any atom is -0.336 e. The molecule has 5 aromatic heterocycles. The van der Waals surface area contributed by atoms with Crippen LogP contribution in [0.4, 0.5) is 4.39 Å². The molecule has 0 unspecified atom stereocenters. The van der Waals surface area contributed by atoms with E-state index >= 15 is 4.39 Å². The van der Waals surface area contributed by atoms with Crippen molar-refractivity contribution in [3.05, 3.63) is 72.5 Å². The first-order valence-electron chi connectivity index (χ1n) is 11.1. The number of hydrogen-bond acceptors (Lipinski definition) is 6. The average Bonchev–Trinajstić information content (AvgIpc) is 3.56. The lowest BCUT2D eigenvalue weighted by Gasteiger charge is -2.11. The molecule has 9 nitrogen and oxygen atoms in total. The van der Waals surface area contributed by atoms with E-state index in [4.69, 9.17) is 4.98 Å². The number of pyridine rings is 2. The lowest BCUT2D eigenvalue weighted by molar-refractivity contribution is 0.402. The number of aryl methyl sites for hydroxylation is 1. The highest BCUT2D eigenvalue weighted by molar-refractivity contribution is 5.97. The van der Waals surface area contributed by atoms with E-state index in [0.717, 1.165) is 16.8 Å². The largest absolute Gasteiger partial charge is 0.336 e. The van der Waals surface area contributed by atoms with Crippen LogP contribution in [0.2, 0.25) is 0 Å². The van der Waals surface area contributed by atoms with E-state index < -0.39 is 0 Å². The van der Waals surface area contributed by atoms with Crippen LogP contribution in [0.3, 0.4) is 0 Å². The minimum absolute atomic E-state index is 0.368. The van der Waals surface area contributed by atoms with Crippen LogP contribution in [-0.2, 0) is 6.54 Å². The van der Waals surface area contributed by atoms with Gasteiger partial charge in [0.15, 0.2) is 11.6 Å². The fraction of sp³-hybridized carbons (Fsp3) is 0.160. The molecular formula is C25H22FN9. The first-order valence-corrected chi connectivity index (χ1v) is 11.1. The summed E-state index contributed by atoms with van der Waals surface area (Å²) in [5, 5.41) is 7.70. The molecule has 0 amide bonds. The zero-order chi connectivity index (χ0) is 24.1. The second-order valence-corrected chi connectivity index (χ2v) is 8.78. The number of aromatic amines is 2. The Morgan fingerprint density at radius 2 is 1.97 bits per heavy atom. The maximum absolute atomic E-state index is 16.0. The van der Waals surface area contributed by atoms with Gasteiger partial charge in [-0.05, 0) is 50.8 Å². The molecule has 174 valence electrons. The monoisotopic (exact) mass is 467 g/mol. The molecule has 0 bridgehead atoms. The summed E-state index contributed by atoms with van der Waals surface area (Å²) in [5.41, 5.74) is 5.45. The van der Waals surface area contributed by atoms with Gasteiger partial charge >= 0.3 is 0 Å². The van der Waals surface area contributed by atoms with Crippen molar-refractivity contribution >= 4 is 21.9 Å². The van der Waals surface area contributed by atoms with E-state index in [9.17, 15) is 0 Å². The topological polar surface area (TPSA) is 104 Å². The molecule has 0 aliphatic carbocycles. The van der Waals surface area contributed by atoms with E-state index in [1.165, 1.54) is 0 Å². The third-order valence-electron chi connectivity index (χ3n) is 5.83. The molecule has 5 heterocycles. The smallest absolute Gasteiger partial charge is 0.166 e. The van der Waals surface area contributed by atoms with Crippen LogP contribution < -0.4 is 0 Å². The highest BCUT2D eigenvalue weighted by Crippen LogP contribution is 2.34. The first kappa shape index (κ1) is 21.1. The summed E-state index contributed by atoms with van der Waals surface area (Å²) in [6.07, 6.45) is 8.74. The second-order valence-electron chi connectivity index (χ2n) is 8.78. The highest BCUT2D eigenvalue weighted by atomic mass is 19.1. The summed E-state index contributed by atoms with van der Waals surface area (Å²) in [6, 6.07) is 7.37. The zero-order valence-electron chi connectivity index (χ0n) is 19.4. The van der Waals surface area contributed by atoms with Gasteiger partial charge in [-0.3, -0.25) is 14.6 Å². The maximum Gasteiger partial charge on any atom is 0.166 e. The average molecular weight is 468 g/mol. The Morgan fingerprint density at radius 3 is 2.77 bits per heavy atom. The summed E-state index contributed by atoms with van der Waals surface area (Å²) < 4.78 is 17.8. The van der Waals surface area contributed by atoms with Crippen LogP contribution in [0.5, 0.6) is 0 Å². The van der Waals surface area contributed by atoms with Gasteiger partial charge in [0.1, 0.15) is 23.4 Å². The lowest BCUT2D eigenvalue weighted by atomic mass is 10.0. The van der Waals surface area contributed by atoms with Gasteiger partial charge in [-0.2, -0.15) is 5.10 Å². The Kier molecular flexibility index (Phi) is 4.89. The Balaban J connectivity index is 1.49. The molecule has 10 heteroatoms. The van der Waals surface area contributed by atoms with Crippen LogP contribution in [0.1, 0.15) is 11.3 Å². The quantitative estimate of drug-likeness (QED) is 0.393. The predicted octanol–water partition coefficient (Wildman–Crippen LogP) is 4.26. The van der Waals surface area contributed by atoms with Crippen molar-refractivity contribution in [3.8, 4) is 28.5 Å². The Bertz CT molecular complexity index is 1690. The molecule has 0 saturated heterocycles. The van der Waals surface area contributed by atoms with Crippen molar-refractivity contribution in [2.75, 3.05) is 14.1 Å². The van der Waals surface area contributed by atoms with Crippen LogP contribution >= 0.6 is 0 Å². The number of benzene rings is 1. The summed E-state index contributed by atoms with van der Waals surface area (Å²) in [6.45, 7) is 2.63. The van der Waals surface area contributed by atoms with Gasteiger partial charge in [-0.1, -0.05) is 0 Å². The van der Waals surface area contributed by atoms with Gasteiger partial charge in [0.25, 0.3) is 0 Å². The third-order valence-corrected chi connectivity index (χ3v) is 5.83. The number of nitrogens with zero attached hydrogens (tertiary/aromatic N) is 7. The Hall–Kier alpha value is -4.44. The van der Waals surface area contributed by atoms with Gasteiger partial charge in [0, 0.05) is 42.5 Å². The summed E-state index contributed by atoms with van der Waals surface area (Å²) in [5.74, 6) is 0.711. The normalized spacial score (nSPS) is 11.8.